The number of halogens is 1. The van der Waals surface area contributed by atoms with Crippen LogP contribution in [0.5, 0.6) is 0 Å². The molecule has 0 atom stereocenters. The number of aromatic nitrogens is 4. The largest absolute Gasteiger partial charge is 0.228 e. The Labute approximate surface area is 97.6 Å². The first-order chi connectivity index (χ1) is 8.22. The summed E-state index contributed by atoms with van der Waals surface area (Å²) in [5.74, 6) is -0.113. The minimum atomic E-state index is -0.555. The highest BCUT2D eigenvalue weighted by Crippen LogP contribution is 2.15. The monoisotopic (exact) mass is 224 g/mol. The maximum Gasteiger partial charge on any atom is 0.213 e. The minimum absolute atomic E-state index is 0.442. The number of hydrogen-bond acceptors (Lipinski definition) is 3. The Kier molecular flexibility index (Phi) is 2.14. The van der Waals surface area contributed by atoms with Crippen molar-refractivity contribution in [2.24, 2.45) is 0 Å². The van der Waals surface area contributed by atoms with E-state index in [9.17, 15) is 4.39 Å². The van der Waals surface area contributed by atoms with Gasteiger partial charge in [0, 0.05) is 24.0 Å². The van der Waals surface area contributed by atoms with Crippen LogP contribution in [0.1, 0.15) is 0 Å². The Morgan fingerprint density at radius 2 is 2.12 bits per heavy atom. The van der Waals surface area contributed by atoms with Gasteiger partial charge < -0.3 is 0 Å². The van der Waals surface area contributed by atoms with Crippen molar-refractivity contribution in [1.29, 1.82) is 0 Å². The van der Waals surface area contributed by atoms with Gasteiger partial charge in [-0.05, 0) is 12.1 Å². The lowest BCUT2D eigenvalue weighted by Crippen LogP contribution is -2.02. The fraction of sp³-hybridized carbons (Fsp3) is 0. The van der Waals surface area contributed by atoms with Crippen LogP contribution < -0.4 is 5.46 Å². The van der Waals surface area contributed by atoms with E-state index in [1.807, 2.05) is 0 Å². The van der Waals surface area contributed by atoms with Gasteiger partial charge in [0.05, 0.1) is 0 Å². The van der Waals surface area contributed by atoms with Crippen LogP contribution >= 0.6 is 0 Å². The molecule has 0 saturated carbocycles. The standard InChI is InChI=1S/C11H6BFN4/c12-8-2-4-17-10(6-8)15-11(16-17)7-1-3-14-9(13)5-7/h1-6H. The summed E-state index contributed by atoms with van der Waals surface area (Å²) < 4.78 is 14.6. The summed E-state index contributed by atoms with van der Waals surface area (Å²) in [4.78, 5) is 7.75. The van der Waals surface area contributed by atoms with Crippen LogP contribution in [0.15, 0.2) is 36.7 Å². The maximum absolute atomic E-state index is 13.0. The smallest absolute Gasteiger partial charge is 0.213 e. The predicted octanol–water partition coefficient (Wildman–Crippen LogP) is 0.724. The Morgan fingerprint density at radius 1 is 1.24 bits per heavy atom. The quantitative estimate of drug-likeness (QED) is 0.452. The Morgan fingerprint density at radius 3 is 2.94 bits per heavy atom. The number of nitrogens with zero attached hydrogens (tertiary/aromatic N) is 4. The van der Waals surface area contributed by atoms with Crippen LogP contribution in [0.4, 0.5) is 4.39 Å². The first-order valence-electron chi connectivity index (χ1n) is 4.96. The zero-order valence-electron chi connectivity index (χ0n) is 8.71. The van der Waals surface area contributed by atoms with E-state index in [-0.39, 0.29) is 0 Å². The molecule has 0 saturated heterocycles. The Bertz CT molecular complexity index is 695. The fourth-order valence-electron chi connectivity index (χ4n) is 1.56. The van der Waals surface area contributed by atoms with Crippen LogP contribution in [0, 0.1) is 5.95 Å². The predicted molar refractivity (Wildman–Crippen MR) is 61.6 cm³/mol. The van der Waals surface area contributed by atoms with Gasteiger partial charge in [-0.2, -0.15) is 4.39 Å². The Hall–Kier alpha value is -2.24. The third-order valence-electron chi connectivity index (χ3n) is 2.35. The normalized spacial score (nSPS) is 10.9. The number of rotatable bonds is 1. The van der Waals surface area contributed by atoms with E-state index in [0.29, 0.717) is 22.5 Å². The van der Waals surface area contributed by atoms with Gasteiger partial charge in [0.2, 0.25) is 5.95 Å². The van der Waals surface area contributed by atoms with Crippen molar-refractivity contribution in [3.8, 4) is 11.4 Å². The highest BCUT2D eigenvalue weighted by Gasteiger charge is 2.07. The van der Waals surface area contributed by atoms with Crippen molar-refractivity contribution in [1.82, 2.24) is 19.6 Å². The van der Waals surface area contributed by atoms with Crippen molar-refractivity contribution in [3.05, 3.63) is 42.6 Å². The molecule has 0 fully saturated rings. The molecule has 3 rings (SSSR count). The molecule has 4 nitrogen and oxygen atoms in total. The summed E-state index contributed by atoms with van der Waals surface area (Å²) in [5.41, 5.74) is 1.81. The van der Waals surface area contributed by atoms with Gasteiger partial charge in [-0.25, -0.2) is 14.5 Å². The molecule has 0 aliphatic heterocycles. The van der Waals surface area contributed by atoms with Gasteiger partial charge >= 0.3 is 0 Å². The van der Waals surface area contributed by atoms with E-state index in [2.05, 4.69) is 15.1 Å². The minimum Gasteiger partial charge on any atom is -0.228 e. The lowest BCUT2D eigenvalue weighted by atomic mass is 9.98. The van der Waals surface area contributed by atoms with Crippen LogP contribution in [-0.2, 0) is 0 Å². The zero-order chi connectivity index (χ0) is 11.8. The third-order valence-corrected chi connectivity index (χ3v) is 2.35. The molecule has 0 spiro atoms. The van der Waals surface area contributed by atoms with E-state index < -0.39 is 5.95 Å². The molecule has 0 unspecified atom stereocenters. The average molecular weight is 224 g/mol. The SMILES string of the molecule is [B]c1ccn2nc(-c3ccnc(F)c3)nc2c1. The fourth-order valence-corrected chi connectivity index (χ4v) is 1.56. The van der Waals surface area contributed by atoms with E-state index in [1.165, 1.54) is 12.3 Å². The average Bonchev–Trinajstić information content (AvgIpc) is 2.72. The highest BCUT2D eigenvalue weighted by molar-refractivity contribution is 6.32. The number of hydrogen-bond donors (Lipinski definition) is 0. The van der Waals surface area contributed by atoms with Gasteiger partial charge in [-0.15, -0.1) is 5.10 Å². The number of fused-ring (bicyclic) bond motifs is 1. The van der Waals surface area contributed by atoms with Crippen molar-refractivity contribution < 1.29 is 4.39 Å². The second-order valence-electron chi connectivity index (χ2n) is 3.57. The summed E-state index contributed by atoms with van der Waals surface area (Å²) in [6, 6.07) is 6.37. The first kappa shape index (κ1) is 9.95. The van der Waals surface area contributed by atoms with Crippen molar-refractivity contribution in [2.45, 2.75) is 0 Å². The molecule has 0 N–H and O–H groups in total. The molecule has 6 heteroatoms. The molecule has 3 aromatic heterocycles. The first-order valence-corrected chi connectivity index (χ1v) is 4.96. The topological polar surface area (TPSA) is 43.1 Å². The third kappa shape index (κ3) is 1.77. The summed E-state index contributed by atoms with van der Waals surface area (Å²) in [5, 5.41) is 4.22. The van der Waals surface area contributed by atoms with Crippen LogP contribution in [-0.4, -0.2) is 27.4 Å². The van der Waals surface area contributed by atoms with Gasteiger partial charge in [0.1, 0.15) is 7.85 Å². The summed E-state index contributed by atoms with van der Waals surface area (Å²) >= 11 is 0. The van der Waals surface area contributed by atoms with Crippen LogP contribution in [0.25, 0.3) is 17.0 Å². The molecule has 3 aromatic rings. The van der Waals surface area contributed by atoms with Crippen molar-refractivity contribution >= 4 is 19.0 Å². The molecular formula is C11H6BFN4. The molecular weight excluding hydrogens is 218 g/mol. The molecule has 80 valence electrons. The summed E-state index contributed by atoms with van der Waals surface area (Å²) in [7, 11) is 5.64. The zero-order valence-corrected chi connectivity index (χ0v) is 8.71. The van der Waals surface area contributed by atoms with E-state index in [1.54, 1.807) is 28.9 Å². The summed E-state index contributed by atoms with van der Waals surface area (Å²) in [6.07, 6.45) is 3.09. The lowest BCUT2D eigenvalue weighted by Gasteiger charge is -1.92. The van der Waals surface area contributed by atoms with E-state index >= 15 is 0 Å². The van der Waals surface area contributed by atoms with Crippen molar-refractivity contribution in [2.75, 3.05) is 0 Å². The van der Waals surface area contributed by atoms with Crippen molar-refractivity contribution in [3.63, 3.8) is 0 Å². The maximum atomic E-state index is 13.0. The van der Waals surface area contributed by atoms with Crippen LogP contribution in [0.2, 0.25) is 0 Å². The van der Waals surface area contributed by atoms with Crippen LogP contribution in [0.3, 0.4) is 0 Å². The molecule has 0 aliphatic carbocycles. The molecule has 0 aromatic carbocycles. The van der Waals surface area contributed by atoms with Gasteiger partial charge in [-0.3, -0.25) is 0 Å². The van der Waals surface area contributed by atoms with Gasteiger partial charge in [0.15, 0.2) is 11.5 Å². The second-order valence-corrected chi connectivity index (χ2v) is 3.57. The lowest BCUT2D eigenvalue weighted by molar-refractivity contribution is 0.584. The number of pyridine rings is 2. The molecule has 3 heterocycles. The molecule has 0 amide bonds. The molecule has 2 radical (unpaired) electrons. The van der Waals surface area contributed by atoms with E-state index in [0.717, 1.165) is 0 Å². The second kappa shape index (κ2) is 3.66. The van der Waals surface area contributed by atoms with Gasteiger partial charge in [-0.1, -0.05) is 11.5 Å². The highest BCUT2D eigenvalue weighted by atomic mass is 19.1. The molecule has 0 aliphatic rings. The van der Waals surface area contributed by atoms with Gasteiger partial charge in [0.25, 0.3) is 0 Å². The Balaban J connectivity index is 2.18. The van der Waals surface area contributed by atoms with E-state index in [4.69, 9.17) is 7.85 Å². The summed E-state index contributed by atoms with van der Waals surface area (Å²) in [6.45, 7) is 0. The molecule has 17 heavy (non-hydrogen) atoms. The molecule has 0 bridgehead atoms.